The van der Waals surface area contributed by atoms with Crippen LogP contribution in [-0.4, -0.2) is 24.2 Å². The Labute approximate surface area is 115 Å². The van der Waals surface area contributed by atoms with E-state index in [9.17, 15) is 4.79 Å². The molecule has 0 aromatic heterocycles. The highest BCUT2D eigenvalue weighted by molar-refractivity contribution is 6.45. The second-order valence-electron chi connectivity index (χ2n) is 3.52. The van der Waals surface area contributed by atoms with Gasteiger partial charge in [-0.3, -0.25) is 16.2 Å². The topological polar surface area (TPSA) is 136 Å². The molecule has 0 fully saturated rings. The first-order valence-corrected chi connectivity index (χ1v) is 5.68. The fourth-order valence-electron chi connectivity index (χ4n) is 1.22. The molecule has 1 aromatic carbocycles. The second kappa shape index (κ2) is 7.38. The highest BCUT2D eigenvalue weighted by Crippen LogP contribution is 2.15. The van der Waals surface area contributed by atoms with E-state index in [1.165, 1.54) is 0 Å². The van der Waals surface area contributed by atoms with Crippen LogP contribution in [0.25, 0.3) is 0 Å². The first-order chi connectivity index (χ1) is 9.56. The molecule has 0 saturated carbocycles. The molecular weight excluding hydrogens is 260 g/mol. The summed E-state index contributed by atoms with van der Waals surface area (Å²) in [5.74, 6) is -0.430. The Bertz CT molecular complexity index is 576. The number of nitrogens with two attached hydrogens (primary N) is 1. The lowest BCUT2D eigenvalue weighted by Crippen LogP contribution is -2.21. The predicted molar refractivity (Wildman–Crippen MR) is 75.7 cm³/mol. The Hall–Kier alpha value is -3.08. The molecular formula is C12H14N6O2. The molecule has 20 heavy (non-hydrogen) atoms. The van der Waals surface area contributed by atoms with Crippen LogP contribution in [0, 0.1) is 16.7 Å². The predicted octanol–water partition coefficient (Wildman–Crippen LogP) is 1.48. The van der Waals surface area contributed by atoms with Crippen LogP contribution in [0.3, 0.4) is 0 Å². The van der Waals surface area contributed by atoms with E-state index < -0.39 is 11.9 Å². The molecule has 0 aliphatic carbocycles. The van der Waals surface area contributed by atoms with Crippen molar-refractivity contribution in [3.63, 3.8) is 0 Å². The average molecular weight is 274 g/mol. The van der Waals surface area contributed by atoms with Gasteiger partial charge in [0.1, 0.15) is 6.07 Å². The molecule has 104 valence electrons. The number of nitrogens with one attached hydrogen (secondary N) is 3. The maximum absolute atomic E-state index is 11.3. The summed E-state index contributed by atoms with van der Waals surface area (Å²) in [4.78, 5) is 11.3. The lowest BCUT2D eigenvalue weighted by Gasteiger charge is -2.07. The molecule has 0 aliphatic heterocycles. The molecule has 0 saturated heterocycles. The van der Waals surface area contributed by atoms with Gasteiger partial charge in [0, 0.05) is 5.69 Å². The molecule has 8 nitrogen and oxygen atoms in total. The Morgan fingerprint density at radius 1 is 1.55 bits per heavy atom. The van der Waals surface area contributed by atoms with Gasteiger partial charge in [-0.2, -0.15) is 10.4 Å². The number of carbonyl (C=O) groups is 1. The van der Waals surface area contributed by atoms with Crippen molar-refractivity contribution in [1.82, 2.24) is 0 Å². The van der Waals surface area contributed by atoms with E-state index in [-0.39, 0.29) is 12.3 Å². The van der Waals surface area contributed by atoms with E-state index in [1.54, 1.807) is 37.3 Å². The van der Waals surface area contributed by atoms with Crippen molar-refractivity contribution >= 4 is 29.0 Å². The fourth-order valence-corrected chi connectivity index (χ4v) is 1.22. The van der Waals surface area contributed by atoms with Crippen LogP contribution in [0.5, 0.6) is 0 Å². The zero-order valence-corrected chi connectivity index (χ0v) is 10.8. The third kappa shape index (κ3) is 4.66. The number of anilines is 2. The quantitative estimate of drug-likeness (QED) is 0.366. The number of hydrogen-bond donors (Lipinski definition) is 4. The van der Waals surface area contributed by atoms with Crippen molar-refractivity contribution in [3.8, 4) is 6.07 Å². The molecule has 8 heteroatoms. The van der Waals surface area contributed by atoms with Gasteiger partial charge in [-0.15, -0.1) is 0 Å². The smallest absolute Gasteiger partial charge is 0.411 e. The summed E-state index contributed by atoms with van der Waals surface area (Å²) in [6.07, 6.45) is -0.561. The average Bonchev–Trinajstić information content (AvgIpc) is 2.39. The number of hydrogen-bond acceptors (Lipinski definition) is 6. The first-order valence-electron chi connectivity index (χ1n) is 5.68. The van der Waals surface area contributed by atoms with Crippen molar-refractivity contribution in [3.05, 3.63) is 24.3 Å². The van der Waals surface area contributed by atoms with E-state index in [0.717, 1.165) is 0 Å². The van der Waals surface area contributed by atoms with Gasteiger partial charge in [-0.25, -0.2) is 4.79 Å². The summed E-state index contributed by atoms with van der Waals surface area (Å²) in [7, 11) is 0. The molecule has 1 aromatic rings. The molecule has 0 bridgehead atoms. The number of benzene rings is 1. The highest BCUT2D eigenvalue weighted by atomic mass is 16.5. The fraction of sp³-hybridized carbons (Fsp3) is 0.167. The summed E-state index contributed by atoms with van der Waals surface area (Å²) in [5, 5.41) is 22.0. The van der Waals surface area contributed by atoms with Gasteiger partial charge in [-0.1, -0.05) is 6.07 Å². The van der Waals surface area contributed by atoms with Crippen LogP contribution >= 0.6 is 0 Å². The van der Waals surface area contributed by atoms with Gasteiger partial charge in [0.2, 0.25) is 5.71 Å². The van der Waals surface area contributed by atoms with Gasteiger partial charge in [0.25, 0.3) is 0 Å². The maximum Gasteiger partial charge on any atom is 0.411 e. The number of hydrazone groups is 1. The van der Waals surface area contributed by atoms with E-state index in [2.05, 4.69) is 15.8 Å². The van der Waals surface area contributed by atoms with Gasteiger partial charge in [0.15, 0.2) is 5.84 Å². The van der Waals surface area contributed by atoms with Crippen LogP contribution in [0.2, 0.25) is 0 Å². The summed E-state index contributed by atoms with van der Waals surface area (Å²) < 4.78 is 4.75. The molecule has 0 heterocycles. The number of nitrogens with zero attached hydrogens (tertiary/aromatic N) is 2. The molecule has 0 unspecified atom stereocenters. The van der Waals surface area contributed by atoms with Gasteiger partial charge < -0.3 is 10.5 Å². The Kier molecular flexibility index (Phi) is 5.52. The lowest BCUT2D eigenvalue weighted by molar-refractivity contribution is 0.168. The van der Waals surface area contributed by atoms with E-state index >= 15 is 0 Å². The van der Waals surface area contributed by atoms with E-state index in [0.29, 0.717) is 11.4 Å². The Morgan fingerprint density at radius 2 is 2.25 bits per heavy atom. The van der Waals surface area contributed by atoms with Gasteiger partial charge in [-0.05, 0) is 25.1 Å². The Balaban J connectivity index is 2.76. The molecule has 1 rings (SSSR count). The summed E-state index contributed by atoms with van der Waals surface area (Å²) in [6, 6.07) is 8.30. The zero-order chi connectivity index (χ0) is 15.0. The van der Waals surface area contributed by atoms with Crippen LogP contribution in [0.4, 0.5) is 16.2 Å². The SMILES string of the molecule is CCOC(=O)Nc1cccc(N/N=C(\C#N)C(=N)N)c1. The van der Waals surface area contributed by atoms with Crippen molar-refractivity contribution in [2.75, 3.05) is 17.3 Å². The molecule has 5 N–H and O–H groups in total. The lowest BCUT2D eigenvalue weighted by atomic mass is 10.3. The second-order valence-corrected chi connectivity index (χ2v) is 3.52. The largest absolute Gasteiger partial charge is 0.450 e. The van der Waals surface area contributed by atoms with E-state index in [1.807, 2.05) is 0 Å². The standard InChI is InChI=1S/C12H14N6O2/c1-2-20-12(19)16-8-4-3-5-9(6-8)17-18-10(7-13)11(14)15/h3-6,17H,2H2,1H3,(H3,14,15)(H,16,19)/b18-10+. The Morgan fingerprint density at radius 3 is 2.85 bits per heavy atom. The van der Waals surface area contributed by atoms with Crippen molar-refractivity contribution in [2.45, 2.75) is 6.92 Å². The molecule has 0 radical (unpaired) electrons. The molecule has 0 aliphatic rings. The monoisotopic (exact) mass is 274 g/mol. The minimum Gasteiger partial charge on any atom is -0.450 e. The van der Waals surface area contributed by atoms with Crippen molar-refractivity contribution < 1.29 is 9.53 Å². The number of amides is 1. The highest BCUT2D eigenvalue weighted by Gasteiger charge is 2.03. The summed E-state index contributed by atoms with van der Waals surface area (Å²) in [5.41, 5.74) is 8.53. The number of ether oxygens (including phenoxy) is 1. The minimum atomic E-state index is -0.561. The van der Waals surface area contributed by atoms with Crippen LogP contribution in [0.15, 0.2) is 29.4 Å². The van der Waals surface area contributed by atoms with Gasteiger partial charge in [0.05, 0.1) is 12.3 Å². The number of amidine groups is 1. The van der Waals surface area contributed by atoms with Crippen LogP contribution in [0.1, 0.15) is 6.92 Å². The summed E-state index contributed by atoms with van der Waals surface area (Å²) >= 11 is 0. The molecule has 1 amide bonds. The normalized spacial score (nSPS) is 10.3. The van der Waals surface area contributed by atoms with Crippen LogP contribution < -0.4 is 16.5 Å². The number of rotatable bonds is 5. The minimum absolute atomic E-state index is 0.228. The van der Waals surface area contributed by atoms with Crippen LogP contribution in [-0.2, 0) is 4.74 Å². The number of nitriles is 1. The third-order valence-electron chi connectivity index (χ3n) is 2.04. The third-order valence-corrected chi connectivity index (χ3v) is 2.04. The summed E-state index contributed by atoms with van der Waals surface area (Å²) in [6.45, 7) is 1.98. The molecule has 0 spiro atoms. The van der Waals surface area contributed by atoms with Gasteiger partial charge >= 0.3 is 6.09 Å². The molecule has 0 atom stereocenters. The van der Waals surface area contributed by atoms with Crippen molar-refractivity contribution in [1.29, 1.82) is 10.7 Å². The van der Waals surface area contributed by atoms with Crippen molar-refractivity contribution in [2.24, 2.45) is 10.8 Å². The zero-order valence-electron chi connectivity index (χ0n) is 10.8. The first kappa shape index (κ1) is 15.0. The number of carbonyl (C=O) groups excluding carboxylic acids is 1. The maximum atomic E-state index is 11.3. The van der Waals surface area contributed by atoms with E-state index in [4.69, 9.17) is 21.1 Å².